The fourth-order valence-electron chi connectivity index (χ4n) is 4.09. The van der Waals surface area contributed by atoms with Gasteiger partial charge >= 0.3 is 0 Å². The molecule has 0 saturated carbocycles. The van der Waals surface area contributed by atoms with Crippen molar-refractivity contribution in [1.29, 1.82) is 0 Å². The van der Waals surface area contributed by atoms with Gasteiger partial charge in [0.15, 0.2) is 31.3 Å². The van der Waals surface area contributed by atoms with E-state index in [2.05, 4.69) is 119 Å². The quantitative estimate of drug-likeness (QED) is 0.370. The minimum atomic E-state index is 0.929. The highest BCUT2D eigenvalue weighted by Crippen LogP contribution is 2.47. The fourth-order valence-corrected chi connectivity index (χ4v) is 5.19. The molecule has 0 spiro atoms. The van der Waals surface area contributed by atoms with Gasteiger partial charge in [-0.15, -0.1) is 0 Å². The molecule has 3 nitrogen and oxygen atoms in total. The molecule has 2 aromatic heterocycles. The molecule has 0 saturated heterocycles. The Morgan fingerprint density at radius 2 is 1.13 bits per heavy atom. The van der Waals surface area contributed by atoms with Crippen molar-refractivity contribution in [1.82, 2.24) is 0 Å². The highest BCUT2D eigenvalue weighted by Gasteiger charge is 2.23. The van der Waals surface area contributed by atoms with Gasteiger partial charge in [-0.05, 0) is 35.4 Å². The van der Waals surface area contributed by atoms with Crippen LogP contribution in [0, 0.1) is 0 Å². The van der Waals surface area contributed by atoms with Crippen LogP contribution in [0.2, 0.25) is 0 Å². The second-order valence-corrected chi connectivity index (χ2v) is 8.92. The van der Waals surface area contributed by atoms with E-state index >= 15 is 0 Å². The van der Waals surface area contributed by atoms with Crippen LogP contribution in [0.3, 0.4) is 0 Å². The number of para-hydroxylation sites is 2. The predicted octanol–water partition coefficient (Wildman–Crippen LogP) is 5.64. The number of benzene rings is 2. The Labute approximate surface area is 188 Å². The van der Waals surface area contributed by atoms with Crippen LogP contribution in [0.5, 0.6) is 0 Å². The van der Waals surface area contributed by atoms with Crippen molar-refractivity contribution in [2.45, 2.75) is 36.2 Å². The zero-order valence-corrected chi connectivity index (χ0v) is 18.6. The molecule has 154 valence electrons. The molecule has 0 atom stereocenters. The van der Waals surface area contributed by atoms with Crippen LogP contribution in [0.4, 0.5) is 11.4 Å². The molecule has 0 unspecified atom stereocenters. The minimum Gasteiger partial charge on any atom is -0.333 e. The third-order valence-electron chi connectivity index (χ3n) is 5.71. The van der Waals surface area contributed by atoms with E-state index in [0.717, 1.165) is 26.1 Å². The largest absolute Gasteiger partial charge is 0.333 e. The lowest BCUT2D eigenvalue weighted by molar-refractivity contribution is -0.696. The average Bonchev–Trinajstić information content (AvgIpc) is 2.83. The second kappa shape index (κ2) is 8.94. The SMILES string of the molecule is CCC[n+]1ccc(-c2cc[n+](CCN3c4ccccc4Sc4ccccc43)cc2)cc1. The Bertz CT molecular complexity index is 1120. The molecule has 0 fully saturated rings. The van der Waals surface area contributed by atoms with Gasteiger partial charge in [0.05, 0.1) is 17.9 Å². The topological polar surface area (TPSA) is 11.0 Å². The Morgan fingerprint density at radius 3 is 1.65 bits per heavy atom. The highest BCUT2D eigenvalue weighted by atomic mass is 32.2. The molecule has 0 N–H and O–H groups in total. The summed E-state index contributed by atoms with van der Waals surface area (Å²) >= 11 is 1.86. The summed E-state index contributed by atoms with van der Waals surface area (Å²) in [6.07, 6.45) is 9.88. The number of aryl methyl sites for hydroxylation is 1. The number of fused-ring (bicyclic) bond motifs is 2. The molecule has 4 aromatic rings. The maximum atomic E-state index is 2.45. The minimum absolute atomic E-state index is 0.929. The van der Waals surface area contributed by atoms with Crippen molar-refractivity contribution in [2.75, 3.05) is 11.4 Å². The number of nitrogens with zero attached hydrogens (tertiary/aromatic N) is 3. The second-order valence-electron chi connectivity index (χ2n) is 7.84. The van der Waals surface area contributed by atoms with Gasteiger partial charge < -0.3 is 4.90 Å². The van der Waals surface area contributed by atoms with Crippen LogP contribution in [0.25, 0.3) is 11.1 Å². The molecule has 2 aromatic carbocycles. The van der Waals surface area contributed by atoms with Crippen molar-refractivity contribution < 1.29 is 9.13 Å². The van der Waals surface area contributed by atoms with Gasteiger partial charge in [0.25, 0.3) is 0 Å². The van der Waals surface area contributed by atoms with E-state index in [-0.39, 0.29) is 0 Å². The van der Waals surface area contributed by atoms with Crippen LogP contribution in [-0.2, 0) is 13.1 Å². The maximum absolute atomic E-state index is 2.45. The van der Waals surface area contributed by atoms with Crippen molar-refractivity contribution in [2.24, 2.45) is 0 Å². The van der Waals surface area contributed by atoms with Crippen LogP contribution in [-0.4, -0.2) is 6.54 Å². The lowest BCUT2D eigenvalue weighted by Gasteiger charge is -2.31. The van der Waals surface area contributed by atoms with Crippen LogP contribution < -0.4 is 14.0 Å². The van der Waals surface area contributed by atoms with Crippen molar-refractivity contribution in [3.05, 3.63) is 97.6 Å². The molecule has 0 radical (unpaired) electrons. The third kappa shape index (κ3) is 4.21. The van der Waals surface area contributed by atoms with Crippen molar-refractivity contribution in [3.63, 3.8) is 0 Å². The number of rotatable bonds is 6. The van der Waals surface area contributed by atoms with E-state index in [1.807, 2.05) is 11.8 Å². The molecule has 4 heteroatoms. The summed E-state index contributed by atoms with van der Waals surface area (Å²) in [5.74, 6) is 0. The summed E-state index contributed by atoms with van der Waals surface area (Å²) in [5, 5.41) is 0. The van der Waals surface area contributed by atoms with Crippen LogP contribution in [0.1, 0.15) is 13.3 Å². The summed E-state index contributed by atoms with van der Waals surface area (Å²) < 4.78 is 4.51. The van der Waals surface area contributed by atoms with E-state index in [4.69, 9.17) is 0 Å². The van der Waals surface area contributed by atoms with Gasteiger partial charge in [-0.3, -0.25) is 0 Å². The van der Waals surface area contributed by atoms with Gasteiger partial charge in [0, 0.05) is 40.5 Å². The number of hydrogen-bond donors (Lipinski definition) is 0. The van der Waals surface area contributed by atoms with Gasteiger partial charge in [-0.25, -0.2) is 9.13 Å². The third-order valence-corrected chi connectivity index (χ3v) is 6.84. The Kier molecular flexibility index (Phi) is 5.72. The van der Waals surface area contributed by atoms with Gasteiger partial charge in [-0.1, -0.05) is 43.0 Å². The smallest absolute Gasteiger partial charge is 0.169 e. The normalized spacial score (nSPS) is 12.4. The predicted molar refractivity (Wildman–Crippen MR) is 127 cm³/mol. The Balaban J connectivity index is 1.33. The monoisotopic (exact) mass is 425 g/mol. The molecule has 1 aliphatic rings. The standard InChI is InChI=1S/C27H27N3S/c1-2-15-28-16-11-22(12-17-28)23-13-18-29(19-14-23)20-21-30-24-7-3-5-9-26(24)31-27-10-6-4-8-25(27)30/h3-14,16-19H,2,15,20-21H2,1H3/q+2. The number of anilines is 2. The summed E-state index contributed by atoms with van der Waals surface area (Å²) in [6, 6.07) is 26.2. The van der Waals surface area contributed by atoms with Gasteiger partial charge in [0.2, 0.25) is 0 Å². The summed E-state index contributed by atoms with van der Waals surface area (Å²) in [7, 11) is 0. The van der Waals surface area contributed by atoms with E-state index in [1.54, 1.807) is 0 Å². The van der Waals surface area contributed by atoms with E-state index in [9.17, 15) is 0 Å². The van der Waals surface area contributed by atoms with Crippen molar-refractivity contribution in [3.8, 4) is 11.1 Å². The first-order valence-corrected chi connectivity index (χ1v) is 11.8. The van der Waals surface area contributed by atoms with E-state index in [1.165, 1.54) is 32.3 Å². The van der Waals surface area contributed by atoms with Crippen LogP contribution in [0.15, 0.2) is 107 Å². The molecule has 31 heavy (non-hydrogen) atoms. The summed E-state index contributed by atoms with van der Waals surface area (Å²) in [4.78, 5) is 5.10. The first kappa shape index (κ1) is 19.8. The highest BCUT2D eigenvalue weighted by molar-refractivity contribution is 7.99. The average molecular weight is 426 g/mol. The van der Waals surface area contributed by atoms with Gasteiger partial charge in [0.1, 0.15) is 6.54 Å². The molecular weight excluding hydrogens is 398 g/mol. The zero-order chi connectivity index (χ0) is 21.0. The van der Waals surface area contributed by atoms with E-state index in [0.29, 0.717) is 0 Å². The lowest BCUT2D eigenvalue weighted by Crippen LogP contribution is -2.39. The molecular formula is C27H27N3S+2. The molecule has 1 aliphatic heterocycles. The summed E-state index contributed by atoms with van der Waals surface area (Å²) in [6.45, 7) is 5.13. The number of aromatic nitrogens is 2. The molecule has 5 rings (SSSR count). The molecule has 0 amide bonds. The first-order valence-electron chi connectivity index (χ1n) is 10.9. The Hall–Kier alpha value is -3.11. The number of pyridine rings is 2. The lowest BCUT2D eigenvalue weighted by atomic mass is 10.1. The Morgan fingerprint density at radius 1 is 0.645 bits per heavy atom. The van der Waals surface area contributed by atoms with Gasteiger partial charge in [-0.2, -0.15) is 0 Å². The molecule has 0 aliphatic carbocycles. The van der Waals surface area contributed by atoms with E-state index < -0.39 is 0 Å². The van der Waals surface area contributed by atoms with Crippen molar-refractivity contribution >= 4 is 23.1 Å². The zero-order valence-electron chi connectivity index (χ0n) is 17.8. The number of hydrogen-bond acceptors (Lipinski definition) is 2. The fraction of sp³-hybridized carbons (Fsp3) is 0.185. The first-order chi connectivity index (χ1) is 15.3. The molecule has 3 heterocycles. The molecule has 0 bridgehead atoms. The van der Waals surface area contributed by atoms with Crippen LogP contribution >= 0.6 is 11.8 Å². The summed E-state index contributed by atoms with van der Waals surface area (Å²) in [5.41, 5.74) is 5.11. The maximum Gasteiger partial charge on any atom is 0.169 e.